The van der Waals surface area contributed by atoms with Gasteiger partial charge in [0, 0.05) is 17.8 Å². The Labute approximate surface area is 190 Å². The number of hydrogen-bond acceptors (Lipinski definition) is 2. The number of hydrogen-bond donors (Lipinski definition) is 0. The van der Waals surface area contributed by atoms with Gasteiger partial charge < -0.3 is 0 Å². The molecule has 2 nitrogen and oxygen atoms in total. The summed E-state index contributed by atoms with van der Waals surface area (Å²) in [5.41, 5.74) is 1.22. The van der Waals surface area contributed by atoms with Crippen LogP contribution in [0.3, 0.4) is 0 Å². The van der Waals surface area contributed by atoms with E-state index in [9.17, 15) is 9.59 Å². The zero-order valence-corrected chi connectivity index (χ0v) is 21.3. The SMILES string of the molecule is CC(=O)C1CCC2(C)C1CCC1(C)C2CCC2C3(C)CCC(=O)C(C)(C)C3CCC21C. The molecular weight excluding hydrogens is 380 g/mol. The molecule has 174 valence electrons. The van der Waals surface area contributed by atoms with Crippen molar-refractivity contribution in [3.05, 3.63) is 0 Å². The van der Waals surface area contributed by atoms with Gasteiger partial charge in [-0.1, -0.05) is 41.5 Å². The fourth-order valence-corrected chi connectivity index (χ4v) is 11.5. The molecule has 9 unspecified atom stereocenters. The summed E-state index contributed by atoms with van der Waals surface area (Å²) in [6, 6.07) is 0. The number of carbonyl (C=O) groups is 2. The maximum absolute atomic E-state index is 12.9. The topological polar surface area (TPSA) is 34.1 Å². The van der Waals surface area contributed by atoms with Crippen LogP contribution in [0, 0.1) is 56.7 Å². The normalized spacial score (nSPS) is 55.6. The van der Waals surface area contributed by atoms with E-state index in [1.165, 1.54) is 44.9 Å². The van der Waals surface area contributed by atoms with Crippen molar-refractivity contribution in [3.63, 3.8) is 0 Å². The molecule has 0 N–H and O–H groups in total. The van der Waals surface area contributed by atoms with Gasteiger partial charge in [0.1, 0.15) is 11.6 Å². The predicted octanol–water partition coefficient (Wildman–Crippen LogP) is 7.25. The standard InChI is InChI=1S/C29H46O2/c1-18(30)19-10-14-26(4)20(19)11-16-28(6)22(26)8-9-23-27(5)15-13-24(31)25(2,3)21(27)12-17-29(23,28)7/h19-23H,8-17H2,1-7H3. The molecule has 0 saturated heterocycles. The molecule has 5 fully saturated rings. The molecule has 0 aromatic carbocycles. The third kappa shape index (κ3) is 2.52. The quantitative estimate of drug-likeness (QED) is 0.442. The molecule has 0 aromatic rings. The van der Waals surface area contributed by atoms with Crippen LogP contribution in [-0.4, -0.2) is 11.6 Å². The first-order chi connectivity index (χ1) is 14.3. The van der Waals surface area contributed by atoms with E-state index in [-0.39, 0.29) is 5.41 Å². The molecule has 0 spiro atoms. The largest absolute Gasteiger partial charge is 0.300 e. The molecular formula is C29H46O2. The number of Topliss-reactive ketones (excluding diaryl/α,β-unsaturated/α-hetero) is 2. The van der Waals surface area contributed by atoms with Crippen LogP contribution in [0.25, 0.3) is 0 Å². The molecule has 5 aliphatic rings. The summed E-state index contributed by atoms with van der Waals surface area (Å²) in [5, 5.41) is 0. The highest BCUT2D eigenvalue weighted by atomic mass is 16.1. The Bertz CT molecular complexity index is 812. The van der Waals surface area contributed by atoms with Crippen LogP contribution in [-0.2, 0) is 9.59 Å². The summed E-state index contributed by atoms with van der Waals surface area (Å²) in [6.07, 6.45) is 12.0. The van der Waals surface area contributed by atoms with Crippen LogP contribution in [0.1, 0.15) is 113 Å². The number of carbonyl (C=O) groups excluding carboxylic acids is 2. The number of fused-ring (bicyclic) bond motifs is 7. The van der Waals surface area contributed by atoms with Crippen molar-refractivity contribution in [1.82, 2.24) is 0 Å². The molecule has 31 heavy (non-hydrogen) atoms. The second-order valence-electron chi connectivity index (χ2n) is 14.2. The summed E-state index contributed by atoms with van der Waals surface area (Å²) >= 11 is 0. The summed E-state index contributed by atoms with van der Waals surface area (Å²) < 4.78 is 0. The van der Waals surface area contributed by atoms with E-state index in [1.807, 2.05) is 6.92 Å². The Morgan fingerprint density at radius 3 is 1.90 bits per heavy atom. The van der Waals surface area contributed by atoms with Gasteiger partial charge in [0.15, 0.2) is 0 Å². The van der Waals surface area contributed by atoms with Crippen LogP contribution >= 0.6 is 0 Å². The molecule has 0 bridgehead atoms. The molecule has 9 atom stereocenters. The molecule has 5 rings (SSSR count). The van der Waals surface area contributed by atoms with Crippen molar-refractivity contribution < 1.29 is 9.59 Å². The van der Waals surface area contributed by atoms with Gasteiger partial charge in [-0.25, -0.2) is 0 Å². The first-order valence-corrected chi connectivity index (χ1v) is 13.4. The van der Waals surface area contributed by atoms with Gasteiger partial charge in [-0.15, -0.1) is 0 Å². The van der Waals surface area contributed by atoms with Crippen LogP contribution in [0.15, 0.2) is 0 Å². The minimum absolute atomic E-state index is 0.157. The smallest absolute Gasteiger partial charge is 0.138 e. The number of ketones is 2. The average molecular weight is 427 g/mol. The average Bonchev–Trinajstić information content (AvgIpc) is 3.03. The van der Waals surface area contributed by atoms with E-state index in [1.54, 1.807) is 0 Å². The molecule has 0 aromatic heterocycles. The van der Waals surface area contributed by atoms with Crippen molar-refractivity contribution in [3.8, 4) is 0 Å². The van der Waals surface area contributed by atoms with Crippen LogP contribution < -0.4 is 0 Å². The van der Waals surface area contributed by atoms with E-state index in [0.29, 0.717) is 51.0 Å². The van der Waals surface area contributed by atoms with Crippen LogP contribution in [0.2, 0.25) is 0 Å². The lowest BCUT2D eigenvalue weighted by molar-refractivity contribution is -0.238. The van der Waals surface area contributed by atoms with E-state index in [4.69, 9.17) is 0 Å². The highest BCUT2D eigenvalue weighted by Gasteiger charge is 2.70. The predicted molar refractivity (Wildman–Crippen MR) is 126 cm³/mol. The van der Waals surface area contributed by atoms with Gasteiger partial charge in [0.25, 0.3) is 0 Å². The minimum atomic E-state index is -0.157. The van der Waals surface area contributed by atoms with Crippen molar-refractivity contribution in [2.45, 2.75) is 113 Å². The maximum Gasteiger partial charge on any atom is 0.138 e. The van der Waals surface area contributed by atoms with Gasteiger partial charge in [0.05, 0.1) is 0 Å². The highest BCUT2D eigenvalue weighted by molar-refractivity contribution is 5.85. The molecule has 0 heterocycles. The second-order valence-corrected chi connectivity index (χ2v) is 14.2. The van der Waals surface area contributed by atoms with Crippen molar-refractivity contribution in [2.24, 2.45) is 56.7 Å². The minimum Gasteiger partial charge on any atom is -0.300 e. The molecule has 2 heteroatoms. The van der Waals surface area contributed by atoms with Gasteiger partial charge in [-0.05, 0) is 110 Å². The lowest BCUT2D eigenvalue weighted by atomic mass is 9.32. The molecule has 0 amide bonds. The van der Waals surface area contributed by atoms with Gasteiger partial charge in [0.2, 0.25) is 0 Å². The fraction of sp³-hybridized carbons (Fsp3) is 0.931. The monoisotopic (exact) mass is 426 g/mol. The Morgan fingerprint density at radius 1 is 0.710 bits per heavy atom. The zero-order chi connectivity index (χ0) is 22.6. The first kappa shape index (κ1) is 22.1. The Morgan fingerprint density at radius 2 is 1.29 bits per heavy atom. The summed E-state index contributed by atoms with van der Waals surface area (Å²) in [5.74, 6) is 3.91. The zero-order valence-electron chi connectivity index (χ0n) is 21.3. The van der Waals surface area contributed by atoms with E-state index >= 15 is 0 Å². The van der Waals surface area contributed by atoms with Gasteiger partial charge >= 0.3 is 0 Å². The number of rotatable bonds is 1. The van der Waals surface area contributed by atoms with Crippen molar-refractivity contribution in [1.29, 1.82) is 0 Å². The summed E-state index contributed by atoms with van der Waals surface area (Å²) in [6.45, 7) is 16.8. The summed E-state index contributed by atoms with van der Waals surface area (Å²) in [4.78, 5) is 25.3. The highest BCUT2D eigenvalue weighted by Crippen LogP contribution is 2.77. The van der Waals surface area contributed by atoms with E-state index in [2.05, 4.69) is 41.5 Å². The third-order valence-electron chi connectivity index (χ3n) is 13.2. The molecule has 0 radical (unpaired) electrons. The lowest BCUT2D eigenvalue weighted by Gasteiger charge is -2.72. The maximum atomic E-state index is 12.9. The lowest BCUT2D eigenvalue weighted by Crippen LogP contribution is -2.66. The van der Waals surface area contributed by atoms with E-state index in [0.717, 1.165) is 31.1 Å². The Balaban J connectivity index is 1.53. The molecule has 0 aliphatic heterocycles. The third-order valence-corrected chi connectivity index (χ3v) is 13.2. The van der Waals surface area contributed by atoms with E-state index < -0.39 is 0 Å². The van der Waals surface area contributed by atoms with Gasteiger partial charge in [-0.3, -0.25) is 9.59 Å². The Kier molecular flexibility index (Phi) is 4.62. The van der Waals surface area contributed by atoms with Crippen LogP contribution in [0.5, 0.6) is 0 Å². The molecule has 5 aliphatic carbocycles. The fourth-order valence-electron chi connectivity index (χ4n) is 11.5. The Hall–Kier alpha value is -0.660. The summed E-state index contributed by atoms with van der Waals surface area (Å²) in [7, 11) is 0. The van der Waals surface area contributed by atoms with Crippen molar-refractivity contribution >= 4 is 11.6 Å². The second kappa shape index (κ2) is 6.47. The molecule has 5 saturated carbocycles. The van der Waals surface area contributed by atoms with Crippen molar-refractivity contribution in [2.75, 3.05) is 0 Å². The van der Waals surface area contributed by atoms with Gasteiger partial charge in [-0.2, -0.15) is 0 Å². The van der Waals surface area contributed by atoms with Crippen LogP contribution in [0.4, 0.5) is 0 Å². The first-order valence-electron chi connectivity index (χ1n) is 13.4.